The molecule has 1 aliphatic heterocycles. The highest BCUT2D eigenvalue weighted by Gasteiger charge is 2.26. The van der Waals surface area contributed by atoms with Crippen LogP contribution in [0.25, 0.3) is 10.4 Å². The molecule has 96 valence electrons. The normalized spacial score (nSPS) is 21.5. The molecule has 1 heterocycles. The van der Waals surface area contributed by atoms with E-state index >= 15 is 0 Å². The summed E-state index contributed by atoms with van der Waals surface area (Å²) in [6, 6.07) is -0.461. The molecule has 0 amide bonds. The lowest BCUT2D eigenvalue weighted by molar-refractivity contribution is -0.143. The molecule has 2 atom stereocenters. The Labute approximate surface area is 99.7 Å². The van der Waals surface area contributed by atoms with Gasteiger partial charge in [-0.25, -0.2) is 0 Å². The summed E-state index contributed by atoms with van der Waals surface area (Å²) < 4.78 is 0. The Kier molecular flexibility index (Phi) is 5.21. The first kappa shape index (κ1) is 13.8. The van der Waals surface area contributed by atoms with Crippen molar-refractivity contribution in [1.82, 2.24) is 4.90 Å². The lowest BCUT2D eigenvalue weighted by atomic mass is 9.97. The summed E-state index contributed by atoms with van der Waals surface area (Å²) in [5.41, 5.74) is 8.26. The number of rotatable bonds is 5. The van der Waals surface area contributed by atoms with E-state index < -0.39 is 18.1 Å². The Morgan fingerprint density at radius 1 is 1.59 bits per heavy atom. The van der Waals surface area contributed by atoms with Crippen LogP contribution >= 0.6 is 0 Å². The Balaban J connectivity index is 2.35. The summed E-state index contributed by atoms with van der Waals surface area (Å²) in [5, 5.41) is 22.0. The molecule has 0 aliphatic carbocycles. The number of aliphatic carboxylic acids is 1. The number of hydrogen-bond donors (Lipinski definition) is 2. The largest absolute Gasteiger partial charge is 0.481 e. The Morgan fingerprint density at radius 3 is 2.65 bits per heavy atom. The second kappa shape index (κ2) is 6.44. The van der Waals surface area contributed by atoms with Gasteiger partial charge in [-0.1, -0.05) is 12.0 Å². The maximum atomic E-state index is 10.8. The second-order valence-corrected chi connectivity index (χ2v) is 4.43. The third kappa shape index (κ3) is 4.22. The molecule has 2 N–H and O–H groups in total. The number of azide groups is 1. The fourth-order valence-corrected chi connectivity index (χ4v) is 1.94. The average Bonchev–Trinajstić information content (AvgIpc) is 2.30. The van der Waals surface area contributed by atoms with Crippen LogP contribution in [-0.4, -0.2) is 52.9 Å². The van der Waals surface area contributed by atoms with Crippen LogP contribution in [0.4, 0.5) is 0 Å². The van der Waals surface area contributed by atoms with Crippen molar-refractivity contribution in [2.75, 3.05) is 19.6 Å². The zero-order valence-corrected chi connectivity index (χ0v) is 9.86. The molecule has 7 heteroatoms. The molecule has 7 nitrogen and oxygen atoms in total. The van der Waals surface area contributed by atoms with Crippen LogP contribution in [0.2, 0.25) is 0 Å². The number of nitrogens with zero attached hydrogens (tertiary/aromatic N) is 4. The zero-order valence-electron chi connectivity index (χ0n) is 9.86. The van der Waals surface area contributed by atoms with Crippen LogP contribution in [0.1, 0.15) is 19.8 Å². The molecule has 0 saturated carbocycles. The number of aliphatic hydroxyl groups is 1. The molecule has 1 aliphatic rings. The van der Waals surface area contributed by atoms with E-state index in [1.54, 1.807) is 6.92 Å². The predicted molar refractivity (Wildman–Crippen MR) is 61.4 cm³/mol. The lowest BCUT2D eigenvalue weighted by Crippen LogP contribution is -2.42. The molecule has 0 aromatic carbocycles. The van der Waals surface area contributed by atoms with Gasteiger partial charge in [0.2, 0.25) is 0 Å². The lowest BCUT2D eigenvalue weighted by Gasteiger charge is -2.32. The number of aliphatic hydroxyl groups excluding tert-OH is 1. The van der Waals surface area contributed by atoms with E-state index in [9.17, 15) is 9.90 Å². The third-order valence-corrected chi connectivity index (χ3v) is 3.17. The summed E-state index contributed by atoms with van der Waals surface area (Å²) in [7, 11) is 0. The van der Waals surface area contributed by atoms with Gasteiger partial charge >= 0.3 is 5.97 Å². The van der Waals surface area contributed by atoms with Gasteiger partial charge in [0.05, 0.1) is 18.1 Å². The van der Waals surface area contributed by atoms with E-state index in [0.717, 1.165) is 0 Å². The summed E-state index contributed by atoms with van der Waals surface area (Å²) in [5.74, 6) is -1.01. The topological polar surface area (TPSA) is 110 Å². The number of β-amino-alcohol motifs (C(OH)–C–C–N with tert-alkyl or cyclic N) is 1. The Bertz CT molecular complexity index is 309. The number of hydrogen-bond acceptors (Lipinski definition) is 4. The molecular formula is C10H18N4O3. The van der Waals surface area contributed by atoms with Gasteiger partial charge in [0.25, 0.3) is 0 Å². The van der Waals surface area contributed by atoms with Crippen molar-refractivity contribution in [3.8, 4) is 0 Å². The van der Waals surface area contributed by atoms with E-state index in [1.165, 1.54) is 0 Å². The molecule has 1 rings (SSSR count). The number of likely N-dealkylation sites (tertiary alicyclic amines) is 1. The van der Waals surface area contributed by atoms with E-state index in [-0.39, 0.29) is 5.92 Å². The van der Waals surface area contributed by atoms with Gasteiger partial charge in [-0.05, 0) is 31.5 Å². The first-order valence-corrected chi connectivity index (χ1v) is 5.72. The van der Waals surface area contributed by atoms with Gasteiger partial charge in [-0.3, -0.25) is 4.79 Å². The van der Waals surface area contributed by atoms with E-state index in [2.05, 4.69) is 10.0 Å². The molecule has 17 heavy (non-hydrogen) atoms. The second-order valence-electron chi connectivity index (χ2n) is 4.43. The van der Waals surface area contributed by atoms with Crippen LogP contribution < -0.4 is 0 Å². The van der Waals surface area contributed by atoms with Gasteiger partial charge in [0.15, 0.2) is 0 Å². The van der Waals surface area contributed by atoms with Crippen molar-refractivity contribution < 1.29 is 15.0 Å². The Morgan fingerprint density at radius 2 is 2.18 bits per heavy atom. The highest BCUT2D eigenvalue weighted by Crippen LogP contribution is 2.17. The highest BCUT2D eigenvalue weighted by atomic mass is 16.4. The number of carboxylic acids is 1. The minimum atomic E-state index is -0.743. The van der Waals surface area contributed by atoms with E-state index in [1.807, 2.05) is 4.90 Å². The van der Waals surface area contributed by atoms with Crippen molar-refractivity contribution in [2.45, 2.75) is 31.9 Å². The van der Waals surface area contributed by atoms with Gasteiger partial charge < -0.3 is 15.1 Å². The monoisotopic (exact) mass is 242 g/mol. The molecule has 0 radical (unpaired) electrons. The van der Waals surface area contributed by atoms with Crippen LogP contribution in [0.3, 0.4) is 0 Å². The van der Waals surface area contributed by atoms with Crippen LogP contribution in [0.15, 0.2) is 5.11 Å². The SMILES string of the molecule is CC(N=[N+]=[N-])C(O)CN1CCC(C(=O)O)CC1. The van der Waals surface area contributed by atoms with E-state index in [4.69, 9.17) is 10.6 Å². The molecule has 0 spiro atoms. The fraction of sp³-hybridized carbons (Fsp3) is 0.900. The van der Waals surface area contributed by atoms with Gasteiger partial charge in [0.1, 0.15) is 0 Å². The van der Waals surface area contributed by atoms with Crippen LogP contribution in [0, 0.1) is 5.92 Å². The van der Waals surface area contributed by atoms with Gasteiger partial charge in [-0.2, -0.15) is 0 Å². The number of piperidine rings is 1. The van der Waals surface area contributed by atoms with Crippen molar-refractivity contribution in [1.29, 1.82) is 0 Å². The molecular weight excluding hydrogens is 224 g/mol. The molecule has 0 aromatic heterocycles. The minimum absolute atomic E-state index is 0.266. The summed E-state index contributed by atoms with van der Waals surface area (Å²) in [6.07, 6.45) is 0.517. The Hall–Kier alpha value is -1.30. The summed E-state index contributed by atoms with van der Waals surface area (Å²) >= 11 is 0. The summed E-state index contributed by atoms with van der Waals surface area (Å²) in [6.45, 7) is 3.41. The van der Waals surface area contributed by atoms with Crippen molar-refractivity contribution in [3.63, 3.8) is 0 Å². The minimum Gasteiger partial charge on any atom is -0.481 e. The third-order valence-electron chi connectivity index (χ3n) is 3.17. The molecule has 0 aromatic rings. The van der Waals surface area contributed by atoms with Crippen molar-refractivity contribution in [3.05, 3.63) is 10.4 Å². The summed E-state index contributed by atoms with van der Waals surface area (Å²) in [4.78, 5) is 15.4. The van der Waals surface area contributed by atoms with Gasteiger partial charge in [-0.15, -0.1) is 0 Å². The molecule has 0 bridgehead atoms. The standard InChI is InChI=1S/C10H18N4O3/c1-7(12-13-11)9(15)6-14-4-2-8(3-5-14)10(16)17/h7-9,15H,2-6H2,1H3,(H,16,17). The van der Waals surface area contributed by atoms with Crippen LogP contribution in [-0.2, 0) is 4.79 Å². The maximum Gasteiger partial charge on any atom is 0.306 e. The highest BCUT2D eigenvalue weighted by molar-refractivity contribution is 5.70. The molecule has 1 fully saturated rings. The first-order chi connectivity index (χ1) is 8.04. The smallest absolute Gasteiger partial charge is 0.306 e. The average molecular weight is 242 g/mol. The molecule has 1 saturated heterocycles. The number of carboxylic acid groups (broad SMARTS) is 1. The van der Waals surface area contributed by atoms with E-state index in [0.29, 0.717) is 32.5 Å². The van der Waals surface area contributed by atoms with Gasteiger partial charge in [0, 0.05) is 11.5 Å². The first-order valence-electron chi connectivity index (χ1n) is 5.72. The van der Waals surface area contributed by atoms with Crippen LogP contribution in [0.5, 0.6) is 0 Å². The number of carbonyl (C=O) groups is 1. The fourth-order valence-electron chi connectivity index (χ4n) is 1.94. The van der Waals surface area contributed by atoms with Crippen molar-refractivity contribution in [2.24, 2.45) is 11.0 Å². The van der Waals surface area contributed by atoms with Crippen molar-refractivity contribution >= 4 is 5.97 Å². The zero-order chi connectivity index (χ0) is 12.8. The molecule has 2 unspecified atom stereocenters. The predicted octanol–water partition coefficient (Wildman–Crippen LogP) is 0.843. The quantitative estimate of drug-likeness (QED) is 0.423. The maximum absolute atomic E-state index is 10.8.